The average molecular weight is 545 g/mol. The lowest BCUT2D eigenvalue weighted by molar-refractivity contribution is -0.0530. The lowest BCUT2D eigenvalue weighted by Crippen LogP contribution is -2.42. The maximum atomic E-state index is 12.8. The van der Waals surface area contributed by atoms with Crippen LogP contribution in [0.5, 0.6) is 0 Å². The minimum Gasteiger partial charge on any atom is -0.389 e. The Morgan fingerprint density at radius 2 is 1.81 bits per heavy atom. The van der Waals surface area contributed by atoms with Crippen molar-refractivity contribution in [1.82, 2.24) is 9.13 Å². The van der Waals surface area contributed by atoms with Gasteiger partial charge in [0.05, 0.1) is 6.61 Å². The minimum absolute atomic E-state index is 0.114. The Morgan fingerprint density at radius 3 is 2.42 bits per heavy atom. The zero-order valence-corrected chi connectivity index (χ0v) is 20.7. The van der Waals surface area contributed by atoms with E-state index in [9.17, 15) is 29.0 Å². The van der Waals surface area contributed by atoms with Gasteiger partial charge in [-0.15, -0.1) is 6.42 Å². The smallest absolute Gasteiger partial charge is 0.340 e. The van der Waals surface area contributed by atoms with Crippen LogP contribution >= 0.6 is 15.2 Å². The molecule has 16 heteroatoms. The van der Waals surface area contributed by atoms with Gasteiger partial charge in [0, 0.05) is 24.9 Å². The molecule has 1 aromatic heterocycles. The van der Waals surface area contributed by atoms with Crippen LogP contribution in [-0.2, 0) is 36.9 Å². The van der Waals surface area contributed by atoms with Crippen molar-refractivity contribution in [3.05, 3.63) is 63.6 Å². The first-order valence-electron chi connectivity index (χ1n) is 10.3. The first kappa shape index (κ1) is 28.0. The second-order valence-electron chi connectivity index (χ2n) is 7.91. The van der Waals surface area contributed by atoms with E-state index in [-0.39, 0.29) is 12.1 Å². The van der Waals surface area contributed by atoms with Gasteiger partial charge in [-0.25, -0.2) is 4.79 Å². The van der Waals surface area contributed by atoms with Crippen LogP contribution in [-0.4, -0.2) is 64.8 Å². The molecule has 5 N–H and O–H groups in total. The highest BCUT2D eigenvalue weighted by molar-refractivity contribution is 7.70. The van der Waals surface area contributed by atoms with Gasteiger partial charge in [-0.2, -0.15) is 0 Å². The van der Waals surface area contributed by atoms with E-state index in [1.807, 2.05) is 0 Å². The summed E-state index contributed by atoms with van der Waals surface area (Å²) in [7, 11) is -8.16. The molecule has 1 aliphatic heterocycles. The summed E-state index contributed by atoms with van der Waals surface area (Å²) in [6, 6.07) is 8.44. The highest BCUT2D eigenvalue weighted by Crippen LogP contribution is 2.55. The van der Waals surface area contributed by atoms with E-state index in [0.29, 0.717) is 5.56 Å². The van der Waals surface area contributed by atoms with Crippen LogP contribution in [0.2, 0.25) is 0 Å². The van der Waals surface area contributed by atoms with E-state index < -0.39 is 57.9 Å². The first-order chi connectivity index (χ1) is 16.8. The summed E-state index contributed by atoms with van der Waals surface area (Å²) in [5, 5.41) is 24.5. The quantitative estimate of drug-likeness (QED) is 0.149. The molecule has 196 valence electrons. The SMILES string of the molecule is C#Cc1ccc(CO/N=c2/ccn([C@@H]3O[C@H](COP(=O)(O)CP(=O)(O)O)C(O)C3O)c(=O)n2C)cc1. The van der Waals surface area contributed by atoms with Crippen molar-refractivity contribution in [1.29, 1.82) is 0 Å². The zero-order valence-electron chi connectivity index (χ0n) is 18.9. The fourth-order valence-electron chi connectivity index (χ4n) is 3.31. The Kier molecular flexibility index (Phi) is 8.74. The van der Waals surface area contributed by atoms with Crippen LogP contribution in [0.4, 0.5) is 0 Å². The Balaban J connectivity index is 1.70. The molecule has 2 aromatic rings. The number of hydrogen-bond acceptors (Lipinski definition) is 9. The van der Waals surface area contributed by atoms with Crippen molar-refractivity contribution in [2.75, 3.05) is 12.5 Å². The molecule has 0 aliphatic carbocycles. The van der Waals surface area contributed by atoms with E-state index >= 15 is 0 Å². The fraction of sp³-hybridized carbons (Fsp3) is 0.400. The van der Waals surface area contributed by atoms with Crippen molar-refractivity contribution in [2.24, 2.45) is 12.2 Å². The lowest BCUT2D eigenvalue weighted by atomic mass is 10.1. The summed E-state index contributed by atoms with van der Waals surface area (Å²) in [6.07, 6.45) is 0.553. The molecule has 1 aromatic carbocycles. The predicted octanol–water partition coefficient (Wildman–Crippen LogP) is -0.843. The monoisotopic (exact) mass is 545 g/mol. The molecule has 5 atom stereocenters. The summed E-state index contributed by atoms with van der Waals surface area (Å²) < 4.78 is 35.0. The third kappa shape index (κ3) is 7.02. The molecular formula is C20H25N3O11P2. The Bertz CT molecular complexity index is 1340. The molecule has 0 spiro atoms. The zero-order chi connectivity index (χ0) is 26.7. The third-order valence-corrected chi connectivity index (χ3v) is 8.62. The van der Waals surface area contributed by atoms with Crippen LogP contribution in [0.15, 0.2) is 46.5 Å². The van der Waals surface area contributed by atoms with Crippen molar-refractivity contribution in [3.63, 3.8) is 0 Å². The molecule has 1 fully saturated rings. The standard InChI is InChI=1S/C20H25N3O11P2/c1-3-13-4-6-14(7-5-13)10-32-21-16-8-9-23(20(26)22(16)2)19-18(25)17(24)15(34-19)11-33-36(30,31)12-35(27,28)29/h1,4-9,15,17-19,24-25H,10-12H2,2H3,(H,30,31)(H2,27,28,29)/b21-16-/t15-,17?,18?,19-/m1/s1. The predicted molar refractivity (Wildman–Crippen MR) is 123 cm³/mol. The van der Waals surface area contributed by atoms with Crippen molar-refractivity contribution < 1.29 is 48.1 Å². The molecule has 14 nitrogen and oxygen atoms in total. The van der Waals surface area contributed by atoms with Crippen LogP contribution in [0, 0.1) is 12.3 Å². The van der Waals surface area contributed by atoms with Gasteiger partial charge in [0.2, 0.25) is 0 Å². The van der Waals surface area contributed by atoms with Crippen LogP contribution in [0.1, 0.15) is 17.4 Å². The largest absolute Gasteiger partial charge is 0.389 e. The molecule has 1 saturated heterocycles. The van der Waals surface area contributed by atoms with Crippen LogP contribution in [0.25, 0.3) is 0 Å². The molecule has 3 unspecified atom stereocenters. The maximum Gasteiger partial charge on any atom is 0.340 e. The second kappa shape index (κ2) is 11.2. The first-order valence-corrected chi connectivity index (χ1v) is 13.9. The van der Waals surface area contributed by atoms with Gasteiger partial charge in [-0.1, -0.05) is 23.2 Å². The highest BCUT2D eigenvalue weighted by atomic mass is 31.2. The van der Waals surface area contributed by atoms with E-state index in [1.165, 1.54) is 19.3 Å². The van der Waals surface area contributed by atoms with E-state index in [2.05, 4.69) is 15.6 Å². The number of hydrogen-bond donors (Lipinski definition) is 5. The number of aliphatic hydroxyl groups excluding tert-OH is 2. The average Bonchev–Trinajstić information content (AvgIpc) is 3.08. The van der Waals surface area contributed by atoms with Gasteiger partial charge in [-0.3, -0.25) is 18.3 Å². The minimum atomic E-state index is -4.85. The van der Waals surface area contributed by atoms with E-state index in [1.54, 1.807) is 24.3 Å². The van der Waals surface area contributed by atoms with Crippen molar-refractivity contribution in [3.8, 4) is 12.3 Å². The molecule has 36 heavy (non-hydrogen) atoms. The molecular weight excluding hydrogens is 520 g/mol. The number of terminal acetylenes is 1. The summed E-state index contributed by atoms with van der Waals surface area (Å²) in [4.78, 5) is 45.4. The number of ether oxygens (including phenoxy) is 1. The molecule has 2 heterocycles. The van der Waals surface area contributed by atoms with Gasteiger partial charge in [0.15, 0.2) is 17.6 Å². The Labute approximate surface area is 204 Å². The number of rotatable bonds is 9. The van der Waals surface area contributed by atoms with Gasteiger partial charge in [0.25, 0.3) is 0 Å². The van der Waals surface area contributed by atoms with Crippen LogP contribution < -0.4 is 11.2 Å². The number of aromatic nitrogens is 2. The van der Waals surface area contributed by atoms with Crippen molar-refractivity contribution >= 4 is 15.2 Å². The highest BCUT2D eigenvalue weighted by Gasteiger charge is 2.45. The normalized spacial score (nSPS) is 24.3. The summed E-state index contributed by atoms with van der Waals surface area (Å²) in [6.45, 7) is -0.657. The molecule has 3 rings (SSSR count). The van der Waals surface area contributed by atoms with Crippen molar-refractivity contribution in [2.45, 2.75) is 31.1 Å². The molecule has 0 bridgehead atoms. The summed E-state index contributed by atoms with van der Waals surface area (Å²) >= 11 is 0. The van der Waals surface area contributed by atoms with Gasteiger partial charge in [0.1, 0.15) is 24.9 Å². The topological polar surface area (TPSA) is 202 Å². The van der Waals surface area contributed by atoms with Crippen LogP contribution in [0.3, 0.4) is 0 Å². The molecule has 1 aliphatic rings. The molecule has 0 radical (unpaired) electrons. The number of benzene rings is 1. The second-order valence-corrected chi connectivity index (χ2v) is 11.9. The van der Waals surface area contributed by atoms with Gasteiger partial charge >= 0.3 is 20.9 Å². The number of aliphatic hydroxyl groups is 2. The Hall–Kier alpha value is -2.56. The fourth-order valence-corrected chi connectivity index (χ4v) is 5.88. The Morgan fingerprint density at radius 1 is 1.14 bits per heavy atom. The number of nitrogens with zero attached hydrogens (tertiary/aromatic N) is 3. The molecule has 0 amide bonds. The molecule has 0 saturated carbocycles. The summed E-state index contributed by atoms with van der Waals surface area (Å²) in [5.74, 6) is 1.08. The lowest BCUT2D eigenvalue weighted by Gasteiger charge is -2.19. The third-order valence-electron chi connectivity index (χ3n) is 5.16. The maximum absolute atomic E-state index is 12.8. The van der Waals surface area contributed by atoms with Gasteiger partial charge < -0.3 is 39.0 Å². The van der Waals surface area contributed by atoms with Gasteiger partial charge in [-0.05, 0) is 17.7 Å². The van der Waals surface area contributed by atoms with E-state index in [0.717, 1.165) is 14.7 Å². The summed E-state index contributed by atoms with van der Waals surface area (Å²) in [5.41, 5.74) is 0.965. The van der Waals surface area contributed by atoms with E-state index in [4.69, 9.17) is 25.8 Å².